The van der Waals surface area contributed by atoms with Crippen molar-refractivity contribution >= 4 is 17.6 Å². The summed E-state index contributed by atoms with van der Waals surface area (Å²) >= 11 is 0. The molecule has 2 aromatic rings. The van der Waals surface area contributed by atoms with Gasteiger partial charge in [0.25, 0.3) is 5.91 Å². The number of anilines is 1. The molecule has 0 aliphatic carbocycles. The van der Waals surface area contributed by atoms with Gasteiger partial charge in [0.1, 0.15) is 5.75 Å². The Balaban J connectivity index is 1.49. The van der Waals surface area contributed by atoms with Crippen molar-refractivity contribution in [1.82, 2.24) is 10.3 Å². The van der Waals surface area contributed by atoms with E-state index in [1.165, 1.54) is 0 Å². The van der Waals surface area contributed by atoms with Crippen molar-refractivity contribution in [2.75, 3.05) is 24.6 Å². The number of nitrogens with zero attached hydrogens (tertiary/aromatic N) is 2. The van der Waals surface area contributed by atoms with Crippen LogP contribution in [0.25, 0.3) is 0 Å². The van der Waals surface area contributed by atoms with Crippen molar-refractivity contribution in [2.45, 2.75) is 18.9 Å². The lowest BCUT2D eigenvalue weighted by molar-refractivity contribution is -0.139. The molecular formula is C19H21N3O4. The Morgan fingerprint density at radius 3 is 2.38 bits per heavy atom. The fourth-order valence-electron chi connectivity index (χ4n) is 2.95. The minimum Gasteiger partial charge on any atom is -0.482 e. The zero-order valence-corrected chi connectivity index (χ0v) is 14.3. The third-order valence-electron chi connectivity index (χ3n) is 4.34. The van der Waals surface area contributed by atoms with Crippen molar-refractivity contribution in [3.8, 4) is 5.75 Å². The third kappa shape index (κ3) is 4.72. The predicted octanol–water partition coefficient (Wildman–Crippen LogP) is 1.94. The molecule has 7 nitrogen and oxygen atoms in total. The van der Waals surface area contributed by atoms with Crippen molar-refractivity contribution < 1.29 is 19.4 Å². The van der Waals surface area contributed by atoms with Gasteiger partial charge < -0.3 is 20.1 Å². The van der Waals surface area contributed by atoms with Crippen LogP contribution in [0.4, 0.5) is 5.69 Å². The van der Waals surface area contributed by atoms with Crippen LogP contribution < -0.4 is 15.0 Å². The largest absolute Gasteiger partial charge is 0.482 e. The Bertz CT molecular complexity index is 741. The van der Waals surface area contributed by atoms with Gasteiger partial charge in [-0.3, -0.25) is 9.78 Å². The Kier molecular flexibility index (Phi) is 5.68. The van der Waals surface area contributed by atoms with Crippen molar-refractivity contribution in [3.05, 3.63) is 54.4 Å². The maximum atomic E-state index is 12.4. The van der Waals surface area contributed by atoms with Crippen LogP contribution >= 0.6 is 0 Å². The highest BCUT2D eigenvalue weighted by molar-refractivity contribution is 5.94. The molecule has 2 heterocycles. The minimum atomic E-state index is -1.04. The summed E-state index contributed by atoms with van der Waals surface area (Å²) < 4.78 is 5.06. The fraction of sp³-hybridized carbons (Fsp3) is 0.316. The molecule has 0 unspecified atom stereocenters. The van der Waals surface area contributed by atoms with Crippen molar-refractivity contribution in [3.63, 3.8) is 0 Å². The second-order valence-corrected chi connectivity index (χ2v) is 6.15. The van der Waals surface area contributed by atoms with Gasteiger partial charge in [-0.1, -0.05) is 0 Å². The molecule has 1 fully saturated rings. The summed E-state index contributed by atoms with van der Waals surface area (Å²) in [5, 5.41) is 11.7. The van der Waals surface area contributed by atoms with Crippen LogP contribution in [0.2, 0.25) is 0 Å². The van der Waals surface area contributed by atoms with E-state index in [-0.39, 0.29) is 11.9 Å². The maximum Gasteiger partial charge on any atom is 0.341 e. The second-order valence-electron chi connectivity index (χ2n) is 6.15. The van der Waals surface area contributed by atoms with E-state index in [1.54, 1.807) is 36.7 Å². The number of ether oxygens (including phenoxy) is 1. The maximum absolute atomic E-state index is 12.4. The molecule has 1 aliphatic heterocycles. The van der Waals surface area contributed by atoms with Crippen LogP contribution in [0.1, 0.15) is 23.2 Å². The number of pyridine rings is 1. The first-order valence-corrected chi connectivity index (χ1v) is 8.52. The molecule has 0 atom stereocenters. The molecule has 1 aromatic carbocycles. The molecule has 1 saturated heterocycles. The van der Waals surface area contributed by atoms with E-state index in [9.17, 15) is 9.59 Å². The molecular weight excluding hydrogens is 334 g/mol. The molecule has 0 bridgehead atoms. The van der Waals surface area contributed by atoms with E-state index < -0.39 is 12.6 Å². The van der Waals surface area contributed by atoms with Crippen LogP contribution in [0.5, 0.6) is 5.75 Å². The average molecular weight is 355 g/mol. The van der Waals surface area contributed by atoms with Crippen LogP contribution in [-0.2, 0) is 4.79 Å². The number of benzene rings is 1. The summed E-state index contributed by atoms with van der Waals surface area (Å²) in [6, 6.07) is 10.6. The van der Waals surface area contributed by atoms with Crippen LogP contribution in [-0.4, -0.2) is 47.7 Å². The van der Waals surface area contributed by atoms with Crippen LogP contribution in [0.15, 0.2) is 48.8 Å². The molecule has 3 rings (SSSR count). The van der Waals surface area contributed by atoms with E-state index >= 15 is 0 Å². The Labute approximate surface area is 151 Å². The number of carboxylic acids is 1. The topological polar surface area (TPSA) is 91.8 Å². The van der Waals surface area contributed by atoms with Gasteiger partial charge in [-0.15, -0.1) is 0 Å². The molecule has 7 heteroatoms. The van der Waals surface area contributed by atoms with Gasteiger partial charge in [0, 0.05) is 42.8 Å². The lowest BCUT2D eigenvalue weighted by Crippen LogP contribution is -2.44. The molecule has 0 radical (unpaired) electrons. The summed E-state index contributed by atoms with van der Waals surface area (Å²) in [5.41, 5.74) is 1.69. The molecule has 1 aliphatic rings. The second kappa shape index (κ2) is 8.33. The van der Waals surface area contributed by atoms with Gasteiger partial charge in [-0.25, -0.2) is 4.79 Å². The first-order chi connectivity index (χ1) is 12.6. The molecule has 2 N–H and O–H groups in total. The zero-order valence-electron chi connectivity index (χ0n) is 14.3. The number of piperidine rings is 1. The van der Waals surface area contributed by atoms with Crippen LogP contribution in [0, 0.1) is 0 Å². The third-order valence-corrected chi connectivity index (χ3v) is 4.34. The SMILES string of the molecule is O=C(O)COc1ccc(C(=O)NC2CCN(c3ccncc3)CC2)cc1. The highest BCUT2D eigenvalue weighted by Gasteiger charge is 2.21. The highest BCUT2D eigenvalue weighted by Crippen LogP contribution is 2.19. The number of nitrogens with one attached hydrogen (secondary N) is 1. The minimum absolute atomic E-state index is 0.128. The molecule has 0 saturated carbocycles. The molecule has 1 aromatic heterocycles. The number of hydrogen-bond acceptors (Lipinski definition) is 5. The summed E-state index contributed by atoms with van der Waals surface area (Å²) in [5.74, 6) is -0.739. The van der Waals surface area contributed by atoms with Gasteiger partial charge in [-0.2, -0.15) is 0 Å². The zero-order chi connectivity index (χ0) is 18.4. The first-order valence-electron chi connectivity index (χ1n) is 8.52. The predicted molar refractivity (Wildman–Crippen MR) is 96.5 cm³/mol. The van der Waals surface area contributed by atoms with Crippen molar-refractivity contribution in [1.29, 1.82) is 0 Å². The molecule has 0 spiro atoms. The molecule has 1 amide bonds. The average Bonchev–Trinajstić information content (AvgIpc) is 2.68. The number of amides is 1. The number of hydrogen-bond donors (Lipinski definition) is 2. The smallest absolute Gasteiger partial charge is 0.341 e. The number of aliphatic carboxylic acids is 1. The number of rotatable bonds is 6. The number of carboxylic acid groups (broad SMARTS) is 1. The Morgan fingerprint density at radius 1 is 1.12 bits per heavy atom. The number of aromatic nitrogens is 1. The summed E-state index contributed by atoms with van der Waals surface area (Å²) in [6.45, 7) is 1.37. The normalized spacial score (nSPS) is 14.7. The lowest BCUT2D eigenvalue weighted by atomic mass is 10.0. The summed E-state index contributed by atoms with van der Waals surface area (Å²) in [4.78, 5) is 29.2. The highest BCUT2D eigenvalue weighted by atomic mass is 16.5. The van der Waals surface area contributed by atoms with E-state index in [1.807, 2.05) is 12.1 Å². The van der Waals surface area contributed by atoms with E-state index in [4.69, 9.17) is 9.84 Å². The van der Waals surface area contributed by atoms with E-state index in [0.717, 1.165) is 31.6 Å². The number of carbonyl (C=O) groups excluding carboxylic acids is 1. The van der Waals surface area contributed by atoms with Gasteiger partial charge in [-0.05, 0) is 49.2 Å². The van der Waals surface area contributed by atoms with Gasteiger partial charge in [0.05, 0.1) is 0 Å². The Hall–Kier alpha value is -3.09. The first kappa shape index (κ1) is 17.7. The van der Waals surface area contributed by atoms with Crippen molar-refractivity contribution in [2.24, 2.45) is 0 Å². The van der Waals surface area contributed by atoms with Crippen LogP contribution in [0.3, 0.4) is 0 Å². The fourth-order valence-corrected chi connectivity index (χ4v) is 2.95. The van der Waals surface area contributed by atoms with Gasteiger partial charge in [0.15, 0.2) is 6.61 Å². The van der Waals surface area contributed by atoms with E-state index in [2.05, 4.69) is 15.2 Å². The lowest BCUT2D eigenvalue weighted by Gasteiger charge is -2.33. The Morgan fingerprint density at radius 2 is 1.77 bits per heavy atom. The molecule has 26 heavy (non-hydrogen) atoms. The monoisotopic (exact) mass is 355 g/mol. The summed E-state index contributed by atoms with van der Waals surface area (Å²) in [6.07, 6.45) is 5.34. The van der Waals surface area contributed by atoms with Gasteiger partial charge >= 0.3 is 5.97 Å². The molecule has 136 valence electrons. The quantitative estimate of drug-likeness (QED) is 0.823. The van der Waals surface area contributed by atoms with E-state index in [0.29, 0.717) is 11.3 Å². The summed E-state index contributed by atoms with van der Waals surface area (Å²) in [7, 11) is 0. The number of carbonyl (C=O) groups is 2. The standard InChI is InChI=1S/C19H21N3O4/c23-18(24)13-26-17-3-1-14(2-4-17)19(25)21-15-7-11-22(12-8-15)16-5-9-20-10-6-16/h1-6,9-10,15H,7-8,11-13H2,(H,21,25)(H,23,24). The van der Waals surface area contributed by atoms with Gasteiger partial charge in [0.2, 0.25) is 0 Å².